The lowest BCUT2D eigenvalue weighted by atomic mass is 9.95. The van der Waals surface area contributed by atoms with Crippen LogP contribution in [0.1, 0.15) is 39.1 Å². The summed E-state index contributed by atoms with van der Waals surface area (Å²) in [5.74, 6) is -2.01. The van der Waals surface area contributed by atoms with Crippen LogP contribution < -0.4 is 11.1 Å². The monoisotopic (exact) mass is 377 g/mol. The van der Waals surface area contributed by atoms with E-state index in [0.717, 1.165) is 21.6 Å². The van der Waals surface area contributed by atoms with E-state index in [-0.39, 0.29) is 24.0 Å². The molecular weight excluding hydrogens is 358 g/mol. The third-order valence-corrected chi connectivity index (χ3v) is 5.18. The molecule has 1 fully saturated rings. The van der Waals surface area contributed by atoms with Gasteiger partial charge in [0.25, 0.3) is 11.8 Å². The Hall–Kier alpha value is -3.32. The van der Waals surface area contributed by atoms with Gasteiger partial charge >= 0.3 is 0 Å². The number of carbonyl (C=O) groups is 4. The molecule has 142 valence electrons. The zero-order valence-electron chi connectivity index (χ0n) is 15.1. The Balaban J connectivity index is 1.70. The fourth-order valence-corrected chi connectivity index (χ4v) is 3.81. The first kappa shape index (κ1) is 18.1. The molecule has 2 aliphatic heterocycles. The number of nitrogens with zero attached hydrogens (tertiary/aromatic N) is 1. The SMILES string of the molecule is NCCc1ccccc1-c1ccc2c(c1)C(=O)N(C1CCC(=O)NC1=O)C2=O. The van der Waals surface area contributed by atoms with Crippen LogP contribution in [-0.4, -0.2) is 41.1 Å². The van der Waals surface area contributed by atoms with E-state index in [1.165, 1.54) is 0 Å². The number of carbonyl (C=O) groups excluding carboxylic acids is 4. The summed E-state index contributed by atoms with van der Waals surface area (Å²) in [7, 11) is 0. The number of rotatable bonds is 4. The van der Waals surface area contributed by atoms with Gasteiger partial charge in [-0.25, -0.2) is 0 Å². The number of benzene rings is 2. The second-order valence-corrected chi connectivity index (χ2v) is 6.90. The lowest BCUT2D eigenvalue weighted by molar-refractivity contribution is -0.136. The third kappa shape index (κ3) is 2.90. The van der Waals surface area contributed by atoms with Crippen LogP contribution in [0.15, 0.2) is 42.5 Å². The van der Waals surface area contributed by atoms with E-state index in [1.807, 2.05) is 24.3 Å². The van der Waals surface area contributed by atoms with Crippen LogP contribution >= 0.6 is 0 Å². The average Bonchev–Trinajstić information content (AvgIpc) is 2.93. The molecule has 1 saturated heterocycles. The first-order valence-electron chi connectivity index (χ1n) is 9.15. The number of hydrogen-bond acceptors (Lipinski definition) is 5. The number of nitrogens with one attached hydrogen (secondary N) is 1. The lowest BCUT2D eigenvalue weighted by Gasteiger charge is -2.27. The molecule has 1 atom stereocenters. The molecule has 2 aromatic carbocycles. The molecule has 2 aliphatic rings. The van der Waals surface area contributed by atoms with Crippen LogP contribution in [0.25, 0.3) is 11.1 Å². The first-order valence-corrected chi connectivity index (χ1v) is 9.15. The van der Waals surface area contributed by atoms with Crippen LogP contribution in [0.4, 0.5) is 0 Å². The Morgan fingerprint density at radius 1 is 0.964 bits per heavy atom. The number of amides is 4. The first-order chi connectivity index (χ1) is 13.5. The van der Waals surface area contributed by atoms with E-state index >= 15 is 0 Å². The number of imide groups is 2. The molecule has 28 heavy (non-hydrogen) atoms. The summed E-state index contributed by atoms with van der Waals surface area (Å²) in [6, 6.07) is 11.9. The molecule has 1 unspecified atom stereocenters. The fraction of sp³-hybridized carbons (Fsp3) is 0.238. The summed E-state index contributed by atoms with van der Waals surface area (Å²) < 4.78 is 0. The summed E-state index contributed by atoms with van der Waals surface area (Å²) >= 11 is 0. The van der Waals surface area contributed by atoms with Crippen molar-refractivity contribution >= 4 is 23.6 Å². The van der Waals surface area contributed by atoms with Crippen molar-refractivity contribution in [2.45, 2.75) is 25.3 Å². The van der Waals surface area contributed by atoms with E-state index < -0.39 is 29.7 Å². The van der Waals surface area contributed by atoms with Gasteiger partial charge in [-0.15, -0.1) is 0 Å². The molecule has 0 aliphatic carbocycles. The van der Waals surface area contributed by atoms with Crippen molar-refractivity contribution in [1.29, 1.82) is 0 Å². The highest BCUT2D eigenvalue weighted by molar-refractivity contribution is 6.23. The Bertz CT molecular complexity index is 1010. The van der Waals surface area contributed by atoms with Crippen LogP contribution in [0.2, 0.25) is 0 Å². The molecule has 2 aromatic rings. The minimum Gasteiger partial charge on any atom is -0.330 e. The van der Waals surface area contributed by atoms with Crippen molar-refractivity contribution in [3.05, 3.63) is 59.2 Å². The van der Waals surface area contributed by atoms with Gasteiger partial charge < -0.3 is 5.73 Å². The van der Waals surface area contributed by atoms with Gasteiger partial charge in [0.05, 0.1) is 11.1 Å². The Morgan fingerprint density at radius 3 is 2.46 bits per heavy atom. The normalized spacial score (nSPS) is 19.0. The summed E-state index contributed by atoms with van der Waals surface area (Å²) in [6.07, 6.45) is 0.937. The van der Waals surface area contributed by atoms with Crippen molar-refractivity contribution in [3.63, 3.8) is 0 Å². The van der Waals surface area contributed by atoms with Gasteiger partial charge in [0.2, 0.25) is 11.8 Å². The molecule has 3 N–H and O–H groups in total. The van der Waals surface area contributed by atoms with Gasteiger partial charge in [-0.3, -0.25) is 29.4 Å². The molecule has 2 heterocycles. The Labute approximate surface area is 161 Å². The third-order valence-electron chi connectivity index (χ3n) is 5.18. The minimum absolute atomic E-state index is 0.0987. The lowest BCUT2D eigenvalue weighted by Crippen LogP contribution is -2.54. The molecule has 0 bridgehead atoms. The molecule has 4 amide bonds. The standard InChI is InChI=1S/C21H19N3O4/c22-10-9-12-3-1-2-4-14(12)13-5-6-15-16(11-13)21(28)24(20(15)27)17-7-8-18(25)23-19(17)26/h1-6,11,17H,7-10,22H2,(H,23,25,26). The van der Waals surface area contributed by atoms with E-state index in [2.05, 4.69) is 5.32 Å². The summed E-state index contributed by atoms with van der Waals surface area (Å²) in [4.78, 5) is 50.2. The average molecular weight is 377 g/mol. The molecule has 0 saturated carbocycles. The van der Waals surface area contributed by atoms with Gasteiger partial charge in [-0.05, 0) is 48.2 Å². The van der Waals surface area contributed by atoms with E-state index in [1.54, 1.807) is 18.2 Å². The Morgan fingerprint density at radius 2 is 1.71 bits per heavy atom. The van der Waals surface area contributed by atoms with Crippen molar-refractivity contribution in [2.75, 3.05) is 6.54 Å². The number of nitrogens with two attached hydrogens (primary N) is 1. The number of hydrogen-bond donors (Lipinski definition) is 2. The zero-order valence-corrected chi connectivity index (χ0v) is 15.1. The number of fused-ring (bicyclic) bond motifs is 1. The van der Waals surface area contributed by atoms with Crippen molar-refractivity contribution in [3.8, 4) is 11.1 Å². The zero-order chi connectivity index (χ0) is 19.8. The second-order valence-electron chi connectivity index (χ2n) is 6.90. The van der Waals surface area contributed by atoms with Crippen molar-refractivity contribution in [2.24, 2.45) is 5.73 Å². The van der Waals surface area contributed by atoms with E-state index in [9.17, 15) is 19.2 Å². The van der Waals surface area contributed by atoms with E-state index in [4.69, 9.17) is 5.73 Å². The molecule has 0 spiro atoms. The molecule has 4 rings (SSSR count). The maximum atomic E-state index is 12.9. The highest BCUT2D eigenvalue weighted by atomic mass is 16.2. The predicted octanol–water partition coefficient (Wildman–Crippen LogP) is 1.26. The predicted molar refractivity (Wildman–Crippen MR) is 101 cm³/mol. The molecule has 0 aromatic heterocycles. The van der Waals surface area contributed by atoms with Crippen LogP contribution in [0.3, 0.4) is 0 Å². The molecule has 7 heteroatoms. The topological polar surface area (TPSA) is 110 Å². The fourth-order valence-electron chi connectivity index (χ4n) is 3.81. The summed E-state index contributed by atoms with van der Waals surface area (Å²) in [6.45, 7) is 0.503. The van der Waals surface area contributed by atoms with Gasteiger partial charge in [0, 0.05) is 6.42 Å². The molecule has 0 radical (unpaired) electrons. The van der Waals surface area contributed by atoms with Crippen LogP contribution in [-0.2, 0) is 16.0 Å². The quantitative estimate of drug-likeness (QED) is 0.780. The largest absolute Gasteiger partial charge is 0.330 e. The van der Waals surface area contributed by atoms with Crippen LogP contribution in [0.5, 0.6) is 0 Å². The van der Waals surface area contributed by atoms with Gasteiger partial charge in [-0.2, -0.15) is 0 Å². The minimum atomic E-state index is -0.960. The number of piperidine rings is 1. The van der Waals surface area contributed by atoms with E-state index in [0.29, 0.717) is 13.0 Å². The maximum absolute atomic E-state index is 12.9. The van der Waals surface area contributed by atoms with Gasteiger partial charge in [0.15, 0.2) is 0 Å². The van der Waals surface area contributed by atoms with Gasteiger partial charge in [0.1, 0.15) is 6.04 Å². The Kier molecular flexibility index (Phi) is 4.52. The molecule has 7 nitrogen and oxygen atoms in total. The smallest absolute Gasteiger partial charge is 0.262 e. The van der Waals surface area contributed by atoms with Crippen molar-refractivity contribution in [1.82, 2.24) is 10.2 Å². The summed E-state index contributed by atoms with van der Waals surface area (Å²) in [5.41, 5.74) is 9.07. The van der Waals surface area contributed by atoms with Crippen LogP contribution in [0, 0.1) is 0 Å². The second kappa shape index (κ2) is 7.01. The van der Waals surface area contributed by atoms with Crippen molar-refractivity contribution < 1.29 is 19.2 Å². The van der Waals surface area contributed by atoms with Gasteiger partial charge in [-0.1, -0.05) is 30.3 Å². The molecular formula is C21H19N3O4. The highest BCUT2D eigenvalue weighted by Gasteiger charge is 2.44. The maximum Gasteiger partial charge on any atom is 0.262 e. The highest BCUT2D eigenvalue weighted by Crippen LogP contribution is 2.32. The summed E-state index contributed by atoms with van der Waals surface area (Å²) in [5, 5.41) is 2.20.